The molecule has 1 heteroatoms. The van der Waals surface area contributed by atoms with Crippen LogP contribution < -0.4 is 0 Å². The van der Waals surface area contributed by atoms with Gasteiger partial charge in [0.25, 0.3) is 5.54 Å². The van der Waals surface area contributed by atoms with Crippen LogP contribution in [-0.2, 0) is 5.54 Å². The third kappa shape index (κ3) is 1.33. The summed E-state index contributed by atoms with van der Waals surface area (Å²) >= 11 is 0. The minimum Gasteiger partial charge on any atom is -0.305 e. The van der Waals surface area contributed by atoms with Crippen LogP contribution in [0, 0.1) is 6.57 Å². The molecular formula is C12H13N. The average Bonchev–Trinajstić information content (AvgIpc) is 2.69. The van der Waals surface area contributed by atoms with Gasteiger partial charge in [0, 0.05) is 18.4 Å². The van der Waals surface area contributed by atoms with Gasteiger partial charge in [-0.1, -0.05) is 30.3 Å². The van der Waals surface area contributed by atoms with E-state index in [1.165, 1.54) is 18.4 Å². The smallest absolute Gasteiger partial charge is 0.257 e. The highest BCUT2D eigenvalue weighted by Gasteiger charge is 2.41. The largest absolute Gasteiger partial charge is 0.305 e. The van der Waals surface area contributed by atoms with Crippen LogP contribution >= 0.6 is 0 Å². The van der Waals surface area contributed by atoms with E-state index in [4.69, 9.17) is 6.57 Å². The second-order valence-corrected chi connectivity index (χ2v) is 3.72. The van der Waals surface area contributed by atoms with Crippen LogP contribution in [0.15, 0.2) is 30.3 Å². The zero-order valence-electron chi connectivity index (χ0n) is 7.66. The maximum absolute atomic E-state index is 7.31. The summed E-state index contributed by atoms with van der Waals surface area (Å²) in [4.78, 5) is 3.84. The van der Waals surface area contributed by atoms with Gasteiger partial charge in [-0.05, 0) is 12.8 Å². The van der Waals surface area contributed by atoms with Crippen molar-refractivity contribution in [2.75, 3.05) is 0 Å². The van der Waals surface area contributed by atoms with Gasteiger partial charge < -0.3 is 4.85 Å². The molecule has 1 aliphatic rings. The summed E-state index contributed by atoms with van der Waals surface area (Å²) in [6.45, 7) is 7.31. The predicted octanol–water partition coefficient (Wildman–Crippen LogP) is 3.38. The summed E-state index contributed by atoms with van der Waals surface area (Å²) in [5.41, 5.74) is 1.03. The van der Waals surface area contributed by atoms with Crippen LogP contribution in [0.5, 0.6) is 0 Å². The monoisotopic (exact) mass is 171 g/mol. The van der Waals surface area contributed by atoms with Gasteiger partial charge in [0.05, 0.1) is 0 Å². The van der Waals surface area contributed by atoms with Gasteiger partial charge in [-0.25, -0.2) is 6.57 Å². The normalized spacial score (nSPS) is 19.6. The molecule has 0 aliphatic heterocycles. The molecule has 0 heterocycles. The van der Waals surface area contributed by atoms with Crippen molar-refractivity contribution in [3.8, 4) is 0 Å². The Morgan fingerprint density at radius 2 is 1.69 bits per heavy atom. The van der Waals surface area contributed by atoms with E-state index >= 15 is 0 Å². The average molecular weight is 171 g/mol. The highest BCUT2D eigenvalue weighted by Crippen LogP contribution is 2.42. The lowest BCUT2D eigenvalue weighted by Crippen LogP contribution is -2.16. The minimum absolute atomic E-state index is 0.179. The highest BCUT2D eigenvalue weighted by atomic mass is 14.8. The molecule has 0 bridgehead atoms. The topological polar surface area (TPSA) is 4.36 Å². The van der Waals surface area contributed by atoms with Crippen molar-refractivity contribution in [1.82, 2.24) is 0 Å². The van der Waals surface area contributed by atoms with E-state index in [9.17, 15) is 0 Å². The summed E-state index contributed by atoms with van der Waals surface area (Å²) in [6, 6.07) is 10.2. The molecule has 1 aliphatic carbocycles. The number of benzene rings is 1. The zero-order valence-corrected chi connectivity index (χ0v) is 7.66. The molecule has 66 valence electrons. The Kier molecular flexibility index (Phi) is 2.06. The summed E-state index contributed by atoms with van der Waals surface area (Å²) in [6.07, 6.45) is 4.50. The molecule has 0 aromatic heterocycles. The molecule has 0 amide bonds. The van der Waals surface area contributed by atoms with Gasteiger partial charge in [0.15, 0.2) is 0 Å². The number of hydrogen-bond acceptors (Lipinski definition) is 0. The van der Waals surface area contributed by atoms with E-state index in [1.54, 1.807) is 0 Å². The quantitative estimate of drug-likeness (QED) is 0.570. The predicted molar refractivity (Wildman–Crippen MR) is 53.2 cm³/mol. The van der Waals surface area contributed by atoms with Gasteiger partial charge >= 0.3 is 0 Å². The SMILES string of the molecule is [C-]#[N+]C1(c2ccccc2)CCCC1. The van der Waals surface area contributed by atoms with Crippen LogP contribution in [0.25, 0.3) is 4.85 Å². The van der Waals surface area contributed by atoms with E-state index in [0.29, 0.717) is 0 Å². The summed E-state index contributed by atoms with van der Waals surface area (Å²) in [7, 11) is 0. The minimum atomic E-state index is -0.179. The molecule has 1 nitrogen and oxygen atoms in total. The first-order valence-electron chi connectivity index (χ1n) is 4.82. The van der Waals surface area contributed by atoms with Crippen molar-refractivity contribution < 1.29 is 0 Å². The summed E-state index contributed by atoms with van der Waals surface area (Å²) < 4.78 is 0. The third-order valence-corrected chi connectivity index (χ3v) is 2.96. The lowest BCUT2D eigenvalue weighted by molar-refractivity contribution is 0.553. The number of nitrogens with zero attached hydrogens (tertiary/aromatic N) is 1. The highest BCUT2D eigenvalue weighted by molar-refractivity contribution is 5.29. The lowest BCUT2D eigenvalue weighted by Gasteiger charge is -2.15. The van der Waals surface area contributed by atoms with Crippen molar-refractivity contribution in [1.29, 1.82) is 0 Å². The van der Waals surface area contributed by atoms with Crippen molar-refractivity contribution in [2.45, 2.75) is 31.2 Å². The van der Waals surface area contributed by atoms with Gasteiger partial charge in [-0.15, -0.1) is 0 Å². The van der Waals surface area contributed by atoms with E-state index in [0.717, 1.165) is 12.8 Å². The van der Waals surface area contributed by atoms with Crippen molar-refractivity contribution >= 4 is 0 Å². The first-order chi connectivity index (χ1) is 6.37. The third-order valence-electron chi connectivity index (χ3n) is 2.96. The lowest BCUT2D eigenvalue weighted by atomic mass is 9.89. The number of rotatable bonds is 1. The Morgan fingerprint density at radius 1 is 1.08 bits per heavy atom. The molecule has 2 rings (SSSR count). The van der Waals surface area contributed by atoms with Crippen LogP contribution in [0.2, 0.25) is 0 Å². The standard InChI is InChI=1S/C12H13N/c1-13-12(9-5-6-10-12)11-7-3-2-4-8-11/h2-4,7-8H,5-6,9-10H2. The maximum Gasteiger partial charge on any atom is 0.257 e. The van der Waals surface area contributed by atoms with Crippen LogP contribution in [0.3, 0.4) is 0 Å². The van der Waals surface area contributed by atoms with E-state index in [1.807, 2.05) is 18.2 Å². The molecule has 0 spiro atoms. The van der Waals surface area contributed by atoms with E-state index < -0.39 is 0 Å². The molecule has 0 radical (unpaired) electrons. The van der Waals surface area contributed by atoms with E-state index in [-0.39, 0.29) is 5.54 Å². The van der Waals surface area contributed by atoms with Crippen molar-refractivity contribution in [3.05, 3.63) is 47.3 Å². The summed E-state index contributed by atoms with van der Waals surface area (Å²) in [5, 5.41) is 0. The van der Waals surface area contributed by atoms with Gasteiger partial charge in [-0.3, -0.25) is 0 Å². The second kappa shape index (κ2) is 3.22. The Morgan fingerprint density at radius 3 is 2.23 bits per heavy atom. The molecule has 0 N–H and O–H groups in total. The first-order valence-corrected chi connectivity index (χ1v) is 4.82. The van der Waals surface area contributed by atoms with Gasteiger partial charge in [0.2, 0.25) is 0 Å². The van der Waals surface area contributed by atoms with Crippen molar-refractivity contribution in [3.63, 3.8) is 0 Å². The Balaban J connectivity index is 2.38. The van der Waals surface area contributed by atoms with Crippen LogP contribution in [-0.4, -0.2) is 0 Å². The maximum atomic E-state index is 7.31. The van der Waals surface area contributed by atoms with Crippen LogP contribution in [0.4, 0.5) is 0 Å². The molecular weight excluding hydrogens is 158 g/mol. The fourth-order valence-corrected chi connectivity index (χ4v) is 2.17. The van der Waals surface area contributed by atoms with E-state index in [2.05, 4.69) is 17.0 Å². The molecule has 1 aromatic rings. The first kappa shape index (κ1) is 8.31. The molecule has 1 aromatic carbocycles. The second-order valence-electron chi connectivity index (χ2n) is 3.72. The Hall–Kier alpha value is -1.29. The molecule has 1 saturated carbocycles. The van der Waals surface area contributed by atoms with Crippen LogP contribution in [0.1, 0.15) is 31.2 Å². The van der Waals surface area contributed by atoms with Gasteiger partial charge in [0.1, 0.15) is 0 Å². The summed E-state index contributed by atoms with van der Waals surface area (Å²) in [5.74, 6) is 0. The Bertz CT molecular complexity index is 315. The molecule has 0 unspecified atom stereocenters. The van der Waals surface area contributed by atoms with Gasteiger partial charge in [-0.2, -0.15) is 0 Å². The molecule has 1 fully saturated rings. The molecule has 0 saturated heterocycles. The number of hydrogen-bond donors (Lipinski definition) is 0. The van der Waals surface area contributed by atoms with Crippen molar-refractivity contribution in [2.24, 2.45) is 0 Å². The Labute approximate surface area is 79.2 Å². The molecule has 0 atom stereocenters. The fraction of sp³-hybridized carbons (Fsp3) is 0.417. The zero-order chi connectivity index (χ0) is 9.15. The fourth-order valence-electron chi connectivity index (χ4n) is 2.17. The molecule has 13 heavy (non-hydrogen) atoms.